The van der Waals surface area contributed by atoms with Crippen molar-refractivity contribution in [2.24, 2.45) is 23.5 Å². The Hall–Kier alpha value is -0.0400. The lowest BCUT2D eigenvalue weighted by molar-refractivity contribution is 0.182. The van der Waals surface area contributed by atoms with Gasteiger partial charge in [-0.05, 0) is 49.9 Å². The van der Waals surface area contributed by atoms with Crippen LogP contribution in [0, 0.1) is 17.8 Å². The van der Waals surface area contributed by atoms with Crippen LogP contribution in [0.3, 0.4) is 0 Å². The molecule has 0 atom stereocenters. The molecule has 0 saturated heterocycles. The van der Waals surface area contributed by atoms with Crippen molar-refractivity contribution in [1.29, 1.82) is 0 Å². The van der Waals surface area contributed by atoms with Crippen LogP contribution >= 0.6 is 0 Å². The molecule has 0 unspecified atom stereocenters. The van der Waals surface area contributed by atoms with Gasteiger partial charge < -0.3 is 5.73 Å². The van der Waals surface area contributed by atoms with E-state index in [0.29, 0.717) is 0 Å². The highest BCUT2D eigenvalue weighted by atomic mass is 14.7. The van der Waals surface area contributed by atoms with E-state index in [4.69, 9.17) is 5.73 Å². The maximum absolute atomic E-state index is 6.51. The average molecular weight is 225 g/mol. The highest BCUT2D eigenvalue weighted by molar-refractivity contribution is 4.90. The molecule has 0 bridgehead atoms. The Labute approximate surface area is 102 Å². The fraction of sp³-hybridized carbons (Fsp3) is 1.00. The van der Waals surface area contributed by atoms with Crippen LogP contribution in [0.25, 0.3) is 0 Å². The van der Waals surface area contributed by atoms with Crippen LogP contribution in [0.2, 0.25) is 0 Å². The standard InChI is InChI=1S/C15H31N/c1-12(2)6-5-9-15(16)10-7-14(8-11-15)13(3)4/h12-14H,5-11,16H2,1-4H3. The summed E-state index contributed by atoms with van der Waals surface area (Å²) in [7, 11) is 0. The van der Waals surface area contributed by atoms with Crippen LogP contribution in [0.15, 0.2) is 0 Å². The monoisotopic (exact) mass is 225 g/mol. The number of nitrogens with two attached hydrogens (primary N) is 1. The minimum atomic E-state index is 0.181. The second-order valence-electron chi connectivity index (χ2n) is 6.73. The minimum Gasteiger partial charge on any atom is -0.325 e. The third-order valence-corrected chi connectivity index (χ3v) is 4.42. The molecule has 0 radical (unpaired) electrons. The second-order valence-corrected chi connectivity index (χ2v) is 6.73. The minimum absolute atomic E-state index is 0.181. The zero-order valence-electron chi connectivity index (χ0n) is 11.8. The molecule has 1 heteroatoms. The van der Waals surface area contributed by atoms with E-state index in [9.17, 15) is 0 Å². The third-order valence-electron chi connectivity index (χ3n) is 4.42. The van der Waals surface area contributed by atoms with E-state index in [2.05, 4.69) is 27.7 Å². The zero-order valence-corrected chi connectivity index (χ0v) is 11.8. The van der Waals surface area contributed by atoms with Crippen molar-refractivity contribution in [3.8, 4) is 0 Å². The summed E-state index contributed by atoms with van der Waals surface area (Å²) in [6.07, 6.45) is 9.14. The lowest BCUT2D eigenvalue weighted by Crippen LogP contribution is -2.43. The molecule has 1 fully saturated rings. The van der Waals surface area contributed by atoms with Gasteiger partial charge in [0.05, 0.1) is 0 Å². The fourth-order valence-corrected chi connectivity index (χ4v) is 2.99. The van der Waals surface area contributed by atoms with Gasteiger partial charge in [0.15, 0.2) is 0 Å². The molecule has 1 aliphatic rings. The van der Waals surface area contributed by atoms with E-state index in [1.165, 1.54) is 44.9 Å². The third kappa shape index (κ3) is 4.45. The number of hydrogen-bond acceptors (Lipinski definition) is 1. The van der Waals surface area contributed by atoms with Crippen molar-refractivity contribution in [2.75, 3.05) is 0 Å². The Balaban J connectivity index is 2.27. The van der Waals surface area contributed by atoms with E-state index < -0.39 is 0 Å². The molecule has 16 heavy (non-hydrogen) atoms. The molecule has 1 nitrogen and oxygen atoms in total. The Morgan fingerprint density at radius 3 is 2.12 bits per heavy atom. The normalized spacial score (nSPS) is 31.3. The fourth-order valence-electron chi connectivity index (χ4n) is 2.99. The molecule has 2 N–H and O–H groups in total. The molecule has 0 aromatic heterocycles. The summed E-state index contributed by atoms with van der Waals surface area (Å²) in [5, 5.41) is 0. The summed E-state index contributed by atoms with van der Waals surface area (Å²) in [4.78, 5) is 0. The van der Waals surface area contributed by atoms with E-state index in [1.54, 1.807) is 0 Å². The van der Waals surface area contributed by atoms with Gasteiger partial charge in [-0.1, -0.05) is 40.5 Å². The Morgan fingerprint density at radius 2 is 1.69 bits per heavy atom. The molecule has 96 valence electrons. The summed E-state index contributed by atoms with van der Waals surface area (Å²) in [5.41, 5.74) is 6.69. The van der Waals surface area contributed by atoms with Crippen molar-refractivity contribution in [1.82, 2.24) is 0 Å². The summed E-state index contributed by atoms with van der Waals surface area (Å²) in [5.74, 6) is 2.61. The van der Waals surface area contributed by atoms with E-state index in [-0.39, 0.29) is 5.54 Å². The topological polar surface area (TPSA) is 26.0 Å². The molecule has 0 spiro atoms. The average Bonchev–Trinajstić information content (AvgIpc) is 2.17. The molecule has 0 aromatic rings. The van der Waals surface area contributed by atoms with Crippen LogP contribution in [0.5, 0.6) is 0 Å². The molecule has 0 amide bonds. The lowest BCUT2D eigenvalue weighted by Gasteiger charge is -2.39. The predicted molar refractivity (Wildman–Crippen MR) is 72.4 cm³/mol. The highest BCUT2D eigenvalue weighted by Gasteiger charge is 2.31. The van der Waals surface area contributed by atoms with Gasteiger partial charge in [0.1, 0.15) is 0 Å². The Kier molecular flexibility index (Phi) is 5.30. The largest absolute Gasteiger partial charge is 0.325 e. The molecule has 0 aromatic carbocycles. The van der Waals surface area contributed by atoms with E-state index in [0.717, 1.165) is 17.8 Å². The Morgan fingerprint density at radius 1 is 1.12 bits per heavy atom. The van der Waals surface area contributed by atoms with Gasteiger partial charge in [-0.25, -0.2) is 0 Å². The van der Waals surface area contributed by atoms with Gasteiger partial charge in [0, 0.05) is 5.54 Å². The van der Waals surface area contributed by atoms with Crippen molar-refractivity contribution in [3.63, 3.8) is 0 Å². The predicted octanol–water partition coefficient (Wildman–Crippen LogP) is 4.36. The summed E-state index contributed by atoms with van der Waals surface area (Å²) >= 11 is 0. The van der Waals surface area contributed by atoms with E-state index >= 15 is 0 Å². The van der Waals surface area contributed by atoms with Crippen molar-refractivity contribution in [3.05, 3.63) is 0 Å². The first kappa shape index (κ1) is 14.0. The van der Waals surface area contributed by atoms with Gasteiger partial charge in [0.2, 0.25) is 0 Å². The zero-order chi connectivity index (χ0) is 12.2. The summed E-state index contributed by atoms with van der Waals surface area (Å²) < 4.78 is 0. The van der Waals surface area contributed by atoms with Gasteiger partial charge in [0.25, 0.3) is 0 Å². The number of hydrogen-bond donors (Lipinski definition) is 1. The van der Waals surface area contributed by atoms with Crippen LogP contribution in [0.4, 0.5) is 0 Å². The molecule has 1 saturated carbocycles. The van der Waals surface area contributed by atoms with E-state index in [1.807, 2.05) is 0 Å². The molecule has 0 aliphatic heterocycles. The van der Waals surface area contributed by atoms with Gasteiger partial charge in [-0.15, -0.1) is 0 Å². The first-order valence-electron chi connectivity index (χ1n) is 7.22. The first-order chi connectivity index (χ1) is 7.43. The smallest absolute Gasteiger partial charge is 0.0154 e. The maximum atomic E-state index is 6.51. The first-order valence-corrected chi connectivity index (χ1v) is 7.22. The molecule has 0 heterocycles. The van der Waals surface area contributed by atoms with Crippen LogP contribution in [-0.2, 0) is 0 Å². The quantitative estimate of drug-likeness (QED) is 0.739. The summed E-state index contributed by atoms with van der Waals surface area (Å²) in [6.45, 7) is 9.32. The Bertz CT molecular complexity index is 182. The van der Waals surface area contributed by atoms with Crippen molar-refractivity contribution >= 4 is 0 Å². The molecule has 1 aliphatic carbocycles. The second kappa shape index (κ2) is 6.05. The number of rotatable bonds is 5. The van der Waals surface area contributed by atoms with Gasteiger partial charge >= 0.3 is 0 Å². The van der Waals surface area contributed by atoms with Crippen LogP contribution < -0.4 is 5.73 Å². The SMILES string of the molecule is CC(C)CCCC1(N)CCC(C(C)C)CC1. The maximum Gasteiger partial charge on any atom is 0.0154 e. The highest BCUT2D eigenvalue weighted by Crippen LogP contribution is 2.37. The molecular weight excluding hydrogens is 194 g/mol. The van der Waals surface area contributed by atoms with Crippen molar-refractivity contribution < 1.29 is 0 Å². The van der Waals surface area contributed by atoms with Crippen LogP contribution in [-0.4, -0.2) is 5.54 Å². The summed E-state index contributed by atoms with van der Waals surface area (Å²) in [6, 6.07) is 0. The van der Waals surface area contributed by atoms with Gasteiger partial charge in [-0.3, -0.25) is 0 Å². The van der Waals surface area contributed by atoms with Gasteiger partial charge in [-0.2, -0.15) is 0 Å². The lowest BCUT2D eigenvalue weighted by atomic mass is 9.71. The molecular formula is C15H31N. The van der Waals surface area contributed by atoms with Crippen molar-refractivity contribution in [2.45, 2.75) is 78.2 Å². The van der Waals surface area contributed by atoms with Crippen LogP contribution in [0.1, 0.15) is 72.6 Å². The molecule has 1 rings (SSSR count).